The highest BCUT2D eigenvalue weighted by atomic mass is 19.1. The molecule has 1 fully saturated rings. The molecule has 0 radical (unpaired) electrons. The lowest BCUT2D eigenvalue weighted by Crippen LogP contribution is -2.41. The number of hydrogen-bond acceptors (Lipinski definition) is 4. The molecule has 1 aromatic carbocycles. The predicted molar refractivity (Wildman–Crippen MR) is 73.1 cm³/mol. The Bertz CT molecular complexity index is 528. The van der Waals surface area contributed by atoms with Crippen molar-refractivity contribution in [3.63, 3.8) is 0 Å². The second kappa shape index (κ2) is 4.36. The van der Waals surface area contributed by atoms with E-state index in [0.717, 1.165) is 0 Å². The Hall–Kier alpha value is -1.27. The highest BCUT2D eigenvalue weighted by Gasteiger charge is 2.52. The van der Waals surface area contributed by atoms with E-state index < -0.39 is 24.1 Å². The molecule has 4 nitrogen and oxygen atoms in total. The fourth-order valence-electron chi connectivity index (χ4n) is 2.23. The minimum atomic E-state index is -0.740. The Balaban J connectivity index is 1.96. The first-order chi connectivity index (χ1) is 9.30. The van der Waals surface area contributed by atoms with Crippen molar-refractivity contribution in [3.05, 3.63) is 17.9 Å². The summed E-state index contributed by atoms with van der Waals surface area (Å²) in [5.74, 6) is 0.545. The third-order valence-corrected chi connectivity index (χ3v) is 4.17. The molecule has 1 saturated heterocycles. The summed E-state index contributed by atoms with van der Waals surface area (Å²) in [4.78, 5) is 0. The molecule has 0 aliphatic carbocycles. The summed E-state index contributed by atoms with van der Waals surface area (Å²) < 4.78 is 36.8. The van der Waals surface area contributed by atoms with Gasteiger partial charge in [-0.15, -0.1) is 0 Å². The highest BCUT2D eigenvalue weighted by Crippen LogP contribution is 2.38. The molecule has 0 amide bonds. The van der Waals surface area contributed by atoms with Gasteiger partial charge in [0.25, 0.3) is 0 Å². The summed E-state index contributed by atoms with van der Waals surface area (Å²) in [7, 11) is -0.740. The maximum Gasteiger partial charge on any atom is 0.497 e. The van der Waals surface area contributed by atoms with Crippen LogP contribution in [0, 0.1) is 5.82 Å². The molecule has 3 rings (SSSR count). The lowest BCUT2D eigenvalue weighted by Gasteiger charge is -2.32. The zero-order chi connectivity index (χ0) is 14.5. The Labute approximate surface area is 118 Å². The number of rotatable bonds is 1. The van der Waals surface area contributed by atoms with E-state index in [2.05, 4.69) is 0 Å². The molecule has 6 heteroatoms. The van der Waals surface area contributed by atoms with Crippen LogP contribution in [0.1, 0.15) is 27.7 Å². The van der Waals surface area contributed by atoms with Crippen molar-refractivity contribution in [1.82, 2.24) is 0 Å². The van der Waals surface area contributed by atoms with Crippen LogP contribution in [0.25, 0.3) is 0 Å². The second-order valence-corrected chi connectivity index (χ2v) is 6.11. The molecule has 0 N–H and O–H groups in total. The van der Waals surface area contributed by atoms with Crippen molar-refractivity contribution >= 4 is 12.6 Å². The van der Waals surface area contributed by atoms with Crippen molar-refractivity contribution < 1.29 is 23.2 Å². The first kappa shape index (κ1) is 13.7. The van der Waals surface area contributed by atoms with Crippen LogP contribution >= 0.6 is 0 Å². The zero-order valence-corrected chi connectivity index (χ0v) is 12.2. The summed E-state index contributed by atoms with van der Waals surface area (Å²) in [5.41, 5.74) is -0.665. The van der Waals surface area contributed by atoms with Crippen LogP contribution in [-0.4, -0.2) is 31.5 Å². The summed E-state index contributed by atoms with van der Waals surface area (Å²) in [6.07, 6.45) is 0. The number of benzene rings is 1. The average molecular weight is 280 g/mol. The number of fused-ring (bicyclic) bond motifs is 1. The normalized spacial score (nSPS) is 22.9. The van der Waals surface area contributed by atoms with Crippen LogP contribution in [0.2, 0.25) is 0 Å². The summed E-state index contributed by atoms with van der Waals surface area (Å²) in [6, 6.07) is 2.93. The van der Waals surface area contributed by atoms with E-state index >= 15 is 0 Å². The van der Waals surface area contributed by atoms with Crippen LogP contribution in [-0.2, 0) is 9.31 Å². The number of ether oxygens (including phenoxy) is 2. The van der Waals surface area contributed by atoms with Crippen LogP contribution < -0.4 is 14.9 Å². The molecule has 108 valence electrons. The van der Waals surface area contributed by atoms with Gasteiger partial charge in [0.05, 0.1) is 11.2 Å². The van der Waals surface area contributed by atoms with Crippen molar-refractivity contribution in [1.29, 1.82) is 0 Å². The van der Waals surface area contributed by atoms with E-state index in [4.69, 9.17) is 18.8 Å². The van der Waals surface area contributed by atoms with E-state index in [0.29, 0.717) is 30.2 Å². The maximum atomic E-state index is 14.2. The van der Waals surface area contributed by atoms with Crippen LogP contribution in [0.4, 0.5) is 4.39 Å². The van der Waals surface area contributed by atoms with Gasteiger partial charge in [0, 0.05) is 11.5 Å². The van der Waals surface area contributed by atoms with Gasteiger partial charge in [-0.05, 0) is 33.8 Å². The molecule has 2 heterocycles. The molecule has 0 atom stereocenters. The molecule has 0 spiro atoms. The van der Waals surface area contributed by atoms with Gasteiger partial charge in [0.1, 0.15) is 19.0 Å². The van der Waals surface area contributed by atoms with Crippen LogP contribution in [0.5, 0.6) is 11.5 Å². The molecule has 0 bridgehead atoms. The third kappa shape index (κ3) is 2.07. The average Bonchev–Trinajstić information content (AvgIpc) is 2.57. The van der Waals surface area contributed by atoms with E-state index in [1.54, 1.807) is 6.07 Å². The van der Waals surface area contributed by atoms with Gasteiger partial charge in [-0.3, -0.25) is 0 Å². The molecule has 2 aliphatic rings. The minimum absolute atomic E-state index is 0.341. The van der Waals surface area contributed by atoms with Crippen LogP contribution in [0.3, 0.4) is 0 Å². The van der Waals surface area contributed by atoms with Gasteiger partial charge in [0.15, 0.2) is 11.5 Å². The standard InChI is InChI=1S/C14H18BFO4/c1-13(2)14(3,4)20-15(19-13)9-7-11-12(8-10(9)16)18-6-5-17-11/h7-8H,5-6H2,1-4H3. The topological polar surface area (TPSA) is 36.9 Å². The van der Waals surface area contributed by atoms with Gasteiger partial charge in [-0.2, -0.15) is 0 Å². The van der Waals surface area contributed by atoms with Gasteiger partial charge >= 0.3 is 7.12 Å². The van der Waals surface area contributed by atoms with E-state index in [9.17, 15) is 4.39 Å². The van der Waals surface area contributed by atoms with Crippen LogP contribution in [0.15, 0.2) is 12.1 Å². The van der Waals surface area contributed by atoms with E-state index in [-0.39, 0.29) is 0 Å². The first-order valence-electron chi connectivity index (χ1n) is 6.75. The molecule has 0 unspecified atom stereocenters. The van der Waals surface area contributed by atoms with E-state index in [1.165, 1.54) is 6.07 Å². The molecular formula is C14H18BFO4. The van der Waals surface area contributed by atoms with Gasteiger partial charge in [-0.1, -0.05) is 0 Å². The number of hydrogen-bond donors (Lipinski definition) is 0. The SMILES string of the molecule is CC1(C)OB(c2cc3c(cc2F)OCCO3)OC1(C)C. The highest BCUT2D eigenvalue weighted by molar-refractivity contribution is 6.62. The van der Waals surface area contributed by atoms with Crippen molar-refractivity contribution in [3.8, 4) is 11.5 Å². The van der Waals surface area contributed by atoms with Crippen molar-refractivity contribution in [2.24, 2.45) is 0 Å². The smallest absolute Gasteiger partial charge is 0.486 e. The molecular weight excluding hydrogens is 262 g/mol. The maximum absolute atomic E-state index is 14.2. The molecule has 2 aliphatic heterocycles. The largest absolute Gasteiger partial charge is 0.497 e. The zero-order valence-electron chi connectivity index (χ0n) is 12.2. The second-order valence-electron chi connectivity index (χ2n) is 6.11. The van der Waals surface area contributed by atoms with Gasteiger partial charge in [0.2, 0.25) is 0 Å². The molecule has 0 aromatic heterocycles. The monoisotopic (exact) mass is 280 g/mol. The summed E-state index contributed by atoms with van der Waals surface area (Å²) in [5, 5.41) is 0. The Morgan fingerprint density at radius 3 is 2.00 bits per heavy atom. The fraction of sp³-hybridized carbons (Fsp3) is 0.571. The first-order valence-corrected chi connectivity index (χ1v) is 6.75. The van der Waals surface area contributed by atoms with Crippen molar-refractivity contribution in [2.45, 2.75) is 38.9 Å². The Morgan fingerprint density at radius 1 is 0.950 bits per heavy atom. The minimum Gasteiger partial charge on any atom is -0.486 e. The molecule has 1 aromatic rings. The quantitative estimate of drug-likeness (QED) is 0.736. The Morgan fingerprint density at radius 2 is 1.45 bits per heavy atom. The third-order valence-electron chi connectivity index (χ3n) is 4.17. The Kier molecular flexibility index (Phi) is 2.99. The van der Waals surface area contributed by atoms with Crippen molar-refractivity contribution in [2.75, 3.05) is 13.2 Å². The molecule has 20 heavy (non-hydrogen) atoms. The predicted octanol–water partition coefficient (Wildman–Crippen LogP) is 1.90. The summed E-state index contributed by atoms with van der Waals surface area (Å²) >= 11 is 0. The van der Waals surface area contributed by atoms with E-state index in [1.807, 2.05) is 27.7 Å². The van der Waals surface area contributed by atoms with Gasteiger partial charge in [-0.25, -0.2) is 4.39 Å². The lowest BCUT2D eigenvalue weighted by molar-refractivity contribution is 0.00578. The number of halogens is 1. The summed E-state index contributed by atoms with van der Waals surface area (Å²) in [6.45, 7) is 8.63. The fourth-order valence-corrected chi connectivity index (χ4v) is 2.23. The lowest BCUT2D eigenvalue weighted by atomic mass is 9.78. The molecule has 0 saturated carbocycles. The van der Waals surface area contributed by atoms with Gasteiger partial charge < -0.3 is 18.8 Å².